The summed E-state index contributed by atoms with van der Waals surface area (Å²) in [6, 6.07) is 10.4. The van der Waals surface area contributed by atoms with Gasteiger partial charge in [0.15, 0.2) is 10.4 Å². The zero-order valence-electron chi connectivity index (χ0n) is 13.2. The highest BCUT2D eigenvalue weighted by Gasteiger charge is 2.26. The number of halogens is 1. The summed E-state index contributed by atoms with van der Waals surface area (Å²) >= 11 is 3.19. The first kappa shape index (κ1) is 16.6. The molecule has 6 nitrogen and oxygen atoms in total. The Balaban J connectivity index is 1.59. The average molecular weight is 393 g/mol. The van der Waals surface area contributed by atoms with Gasteiger partial charge in [-0.2, -0.15) is 0 Å². The average Bonchev–Trinajstić information content (AvgIpc) is 3.07. The Labute approximate surface area is 148 Å². The van der Waals surface area contributed by atoms with Crippen molar-refractivity contribution in [2.75, 3.05) is 33.3 Å². The van der Waals surface area contributed by atoms with Crippen LogP contribution in [0.2, 0.25) is 0 Å². The SMILES string of the molecule is COc1ccc(C(=O)N2CCN(C(=O)c3ccc(Br)o3)CC2)cc1. The van der Waals surface area contributed by atoms with Crippen LogP contribution in [0.25, 0.3) is 0 Å². The third-order valence-electron chi connectivity index (χ3n) is 3.98. The van der Waals surface area contributed by atoms with Crippen LogP contribution in [0.15, 0.2) is 45.5 Å². The van der Waals surface area contributed by atoms with E-state index in [0.29, 0.717) is 47.9 Å². The van der Waals surface area contributed by atoms with Crippen molar-refractivity contribution in [2.24, 2.45) is 0 Å². The molecule has 0 N–H and O–H groups in total. The minimum Gasteiger partial charge on any atom is -0.497 e. The van der Waals surface area contributed by atoms with E-state index in [1.165, 1.54) is 0 Å². The molecule has 0 saturated carbocycles. The van der Waals surface area contributed by atoms with Crippen LogP contribution in [0.3, 0.4) is 0 Å². The first-order valence-electron chi connectivity index (χ1n) is 7.56. The molecule has 2 heterocycles. The van der Waals surface area contributed by atoms with Crippen LogP contribution in [0.4, 0.5) is 0 Å². The molecule has 0 unspecified atom stereocenters. The van der Waals surface area contributed by atoms with Crippen LogP contribution >= 0.6 is 15.9 Å². The van der Waals surface area contributed by atoms with Crippen LogP contribution < -0.4 is 4.74 Å². The molecule has 24 heavy (non-hydrogen) atoms. The highest BCUT2D eigenvalue weighted by molar-refractivity contribution is 9.10. The maximum atomic E-state index is 12.5. The van der Waals surface area contributed by atoms with Gasteiger partial charge in [0.2, 0.25) is 0 Å². The molecule has 126 valence electrons. The summed E-state index contributed by atoms with van der Waals surface area (Å²) in [6.07, 6.45) is 0. The van der Waals surface area contributed by atoms with Crippen molar-refractivity contribution >= 4 is 27.7 Å². The lowest BCUT2D eigenvalue weighted by Crippen LogP contribution is -2.50. The molecule has 3 rings (SSSR count). The number of amides is 2. The Hall–Kier alpha value is -2.28. The molecule has 1 aliphatic rings. The lowest BCUT2D eigenvalue weighted by atomic mass is 10.1. The van der Waals surface area contributed by atoms with Gasteiger partial charge in [0.1, 0.15) is 5.75 Å². The van der Waals surface area contributed by atoms with Gasteiger partial charge in [-0.15, -0.1) is 0 Å². The Kier molecular flexibility index (Phi) is 4.89. The Morgan fingerprint density at radius 1 is 0.958 bits per heavy atom. The number of nitrogens with zero attached hydrogens (tertiary/aromatic N) is 2. The molecule has 1 aromatic carbocycles. The minimum atomic E-state index is -0.155. The summed E-state index contributed by atoms with van der Waals surface area (Å²) in [5, 5.41) is 0. The smallest absolute Gasteiger partial charge is 0.289 e. The molecule has 1 aromatic heterocycles. The van der Waals surface area contributed by atoms with E-state index in [4.69, 9.17) is 9.15 Å². The second-order valence-electron chi connectivity index (χ2n) is 5.42. The van der Waals surface area contributed by atoms with Gasteiger partial charge in [0, 0.05) is 31.7 Å². The topological polar surface area (TPSA) is 63.0 Å². The van der Waals surface area contributed by atoms with Crippen LogP contribution in [-0.2, 0) is 0 Å². The van der Waals surface area contributed by atoms with Gasteiger partial charge >= 0.3 is 0 Å². The Morgan fingerprint density at radius 2 is 1.54 bits per heavy atom. The van der Waals surface area contributed by atoms with Crippen molar-refractivity contribution in [3.8, 4) is 5.75 Å². The van der Waals surface area contributed by atoms with E-state index in [1.807, 2.05) is 0 Å². The number of furan rings is 1. The maximum Gasteiger partial charge on any atom is 0.289 e. The molecule has 1 saturated heterocycles. The van der Waals surface area contributed by atoms with E-state index < -0.39 is 0 Å². The lowest BCUT2D eigenvalue weighted by molar-refractivity contribution is 0.0517. The van der Waals surface area contributed by atoms with Crippen LogP contribution in [0.5, 0.6) is 5.75 Å². The molecule has 7 heteroatoms. The van der Waals surface area contributed by atoms with Crippen LogP contribution in [0, 0.1) is 0 Å². The zero-order chi connectivity index (χ0) is 17.1. The number of methoxy groups -OCH3 is 1. The molecular weight excluding hydrogens is 376 g/mol. The van der Waals surface area contributed by atoms with Gasteiger partial charge in [0.05, 0.1) is 7.11 Å². The van der Waals surface area contributed by atoms with Gasteiger partial charge < -0.3 is 19.0 Å². The number of carbonyl (C=O) groups excluding carboxylic acids is 2. The predicted octanol–water partition coefficient (Wildman–Crippen LogP) is 2.65. The van der Waals surface area contributed by atoms with Gasteiger partial charge in [-0.25, -0.2) is 0 Å². The minimum absolute atomic E-state index is 0.0366. The highest BCUT2D eigenvalue weighted by Crippen LogP contribution is 2.18. The van der Waals surface area contributed by atoms with Gasteiger partial charge in [0.25, 0.3) is 11.8 Å². The molecule has 2 amide bonds. The van der Waals surface area contributed by atoms with E-state index in [-0.39, 0.29) is 11.8 Å². The number of hydrogen-bond acceptors (Lipinski definition) is 4. The fraction of sp³-hybridized carbons (Fsp3) is 0.294. The molecule has 1 aliphatic heterocycles. The predicted molar refractivity (Wildman–Crippen MR) is 91.2 cm³/mol. The van der Waals surface area contributed by atoms with Crippen molar-refractivity contribution in [2.45, 2.75) is 0 Å². The molecule has 0 spiro atoms. The van der Waals surface area contributed by atoms with Crippen molar-refractivity contribution in [3.05, 3.63) is 52.4 Å². The molecule has 0 bridgehead atoms. The van der Waals surface area contributed by atoms with Gasteiger partial charge in [-0.1, -0.05) is 0 Å². The number of benzene rings is 1. The van der Waals surface area contributed by atoms with E-state index in [2.05, 4.69) is 15.9 Å². The van der Waals surface area contributed by atoms with E-state index in [0.717, 1.165) is 0 Å². The largest absolute Gasteiger partial charge is 0.497 e. The van der Waals surface area contributed by atoms with Gasteiger partial charge in [-0.05, 0) is 52.3 Å². The van der Waals surface area contributed by atoms with Crippen molar-refractivity contribution in [1.29, 1.82) is 0 Å². The first-order valence-corrected chi connectivity index (χ1v) is 8.36. The third kappa shape index (κ3) is 3.46. The van der Waals surface area contributed by atoms with Crippen molar-refractivity contribution in [3.63, 3.8) is 0 Å². The number of hydrogen-bond donors (Lipinski definition) is 0. The number of ether oxygens (including phenoxy) is 1. The molecule has 2 aromatic rings. The lowest BCUT2D eigenvalue weighted by Gasteiger charge is -2.34. The zero-order valence-corrected chi connectivity index (χ0v) is 14.8. The summed E-state index contributed by atoms with van der Waals surface area (Å²) < 4.78 is 10.9. The van der Waals surface area contributed by atoms with E-state index in [9.17, 15) is 9.59 Å². The highest BCUT2D eigenvalue weighted by atomic mass is 79.9. The number of carbonyl (C=O) groups is 2. The molecular formula is C17H17BrN2O4. The van der Waals surface area contributed by atoms with Gasteiger partial charge in [-0.3, -0.25) is 9.59 Å². The fourth-order valence-corrected chi connectivity index (χ4v) is 2.92. The molecule has 0 radical (unpaired) electrons. The van der Waals surface area contributed by atoms with Crippen molar-refractivity contribution < 1.29 is 18.7 Å². The summed E-state index contributed by atoms with van der Waals surface area (Å²) in [5.41, 5.74) is 0.616. The van der Waals surface area contributed by atoms with E-state index >= 15 is 0 Å². The Bertz CT molecular complexity index is 733. The summed E-state index contributed by atoms with van der Waals surface area (Å²) in [7, 11) is 1.59. The maximum absolute atomic E-state index is 12.5. The third-order valence-corrected chi connectivity index (χ3v) is 4.40. The van der Waals surface area contributed by atoms with Crippen LogP contribution in [-0.4, -0.2) is 54.9 Å². The summed E-state index contributed by atoms with van der Waals surface area (Å²) in [5.74, 6) is 0.825. The van der Waals surface area contributed by atoms with Crippen LogP contribution in [0.1, 0.15) is 20.9 Å². The summed E-state index contributed by atoms with van der Waals surface area (Å²) in [6.45, 7) is 1.97. The molecule has 1 fully saturated rings. The monoisotopic (exact) mass is 392 g/mol. The number of rotatable bonds is 3. The summed E-state index contributed by atoms with van der Waals surface area (Å²) in [4.78, 5) is 28.3. The first-order chi connectivity index (χ1) is 11.6. The fourth-order valence-electron chi connectivity index (χ4n) is 2.61. The standard InChI is InChI=1S/C17H17BrN2O4/c1-23-13-4-2-12(3-5-13)16(21)19-8-10-20(11-9-19)17(22)14-6-7-15(18)24-14/h2-7H,8-11H2,1H3. The van der Waals surface area contributed by atoms with E-state index in [1.54, 1.807) is 53.3 Å². The quantitative estimate of drug-likeness (QED) is 0.805. The molecule has 0 aliphatic carbocycles. The van der Waals surface area contributed by atoms with Crippen molar-refractivity contribution in [1.82, 2.24) is 9.80 Å². The Morgan fingerprint density at radius 3 is 2.04 bits per heavy atom. The second-order valence-corrected chi connectivity index (χ2v) is 6.20. The normalized spacial score (nSPS) is 14.6. The second kappa shape index (κ2) is 7.09. The molecule has 0 atom stereocenters. The number of piperazine rings is 1.